The van der Waals surface area contributed by atoms with Gasteiger partial charge >= 0.3 is 27.3 Å². The molecule has 3 aliphatic carbocycles. The maximum atomic E-state index is 14.2. The minimum absolute atomic E-state index is 0.318. The summed E-state index contributed by atoms with van der Waals surface area (Å²) in [7, 11) is -5.85. The van der Waals surface area contributed by atoms with E-state index in [2.05, 4.69) is 67.8 Å². The molecule has 3 aromatic rings. The standard InChI is InChI=1S/C30H25F2I3O7S/c1-12-5-17-19(7-14(12)3)24-20-8-15(4)13(2)6-18(20)23(17)25(28(36)41-11-30(31,32)43(38,39)40)26(24)29(37)42-27-21(34)9-16(33)10-22(27)35/h5-10,23-26H,11H2,1-4H3,(H,38,39,40). The van der Waals surface area contributed by atoms with Crippen molar-refractivity contribution in [3.8, 4) is 5.75 Å². The van der Waals surface area contributed by atoms with E-state index in [0.29, 0.717) is 12.9 Å². The van der Waals surface area contributed by atoms with Crippen LogP contribution in [0.1, 0.15) is 56.3 Å². The zero-order chi connectivity index (χ0) is 31.8. The minimum Gasteiger partial charge on any atom is -0.458 e. The van der Waals surface area contributed by atoms with E-state index in [9.17, 15) is 26.8 Å². The third-order valence-electron chi connectivity index (χ3n) is 8.31. The van der Waals surface area contributed by atoms with Crippen molar-refractivity contribution in [2.24, 2.45) is 11.8 Å². The summed E-state index contributed by atoms with van der Waals surface area (Å²) in [6.45, 7) is 5.85. The van der Waals surface area contributed by atoms with Gasteiger partial charge in [-0.25, -0.2) is 0 Å². The van der Waals surface area contributed by atoms with Gasteiger partial charge in [0.1, 0.15) is 0 Å². The van der Waals surface area contributed by atoms with E-state index in [0.717, 1.165) is 48.1 Å². The Morgan fingerprint density at radius 2 is 1.14 bits per heavy atom. The Labute approximate surface area is 288 Å². The number of aryl methyl sites for hydroxylation is 4. The van der Waals surface area contributed by atoms with E-state index >= 15 is 0 Å². The molecule has 0 heterocycles. The highest BCUT2D eigenvalue weighted by Gasteiger charge is 2.58. The second-order valence-electron chi connectivity index (χ2n) is 11.0. The number of fused-ring (bicyclic) bond motifs is 1. The van der Waals surface area contributed by atoms with Crippen molar-refractivity contribution < 1.29 is 40.8 Å². The van der Waals surface area contributed by atoms with Gasteiger partial charge in [-0.05, 0) is 152 Å². The molecule has 0 saturated carbocycles. The van der Waals surface area contributed by atoms with Crippen molar-refractivity contribution in [3.05, 3.63) is 91.6 Å². The molecule has 0 radical (unpaired) electrons. The Hall–Kier alpha value is -1.44. The lowest BCUT2D eigenvalue weighted by Gasteiger charge is -2.49. The third-order valence-corrected chi connectivity index (χ3v) is 11.4. The van der Waals surface area contributed by atoms with Crippen molar-refractivity contribution in [3.63, 3.8) is 0 Å². The number of carbonyl (C=O) groups is 2. The summed E-state index contributed by atoms with van der Waals surface area (Å²) in [6, 6.07) is 11.6. The molecule has 43 heavy (non-hydrogen) atoms. The fourth-order valence-electron chi connectivity index (χ4n) is 6.01. The number of ether oxygens (including phenoxy) is 2. The Morgan fingerprint density at radius 1 is 0.767 bits per heavy atom. The van der Waals surface area contributed by atoms with E-state index in [4.69, 9.17) is 14.0 Å². The van der Waals surface area contributed by atoms with Crippen LogP contribution in [0.5, 0.6) is 5.75 Å². The molecule has 0 aliphatic heterocycles. The Kier molecular flexibility index (Phi) is 8.99. The number of halogens is 5. The summed E-state index contributed by atoms with van der Waals surface area (Å²) in [4.78, 5) is 28.0. The fourth-order valence-corrected chi connectivity index (χ4v) is 10.0. The van der Waals surface area contributed by atoms with Gasteiger partial charge < -0.3 is 9.47 Å². The number of hydrogen-bond acceptors (Lipinski definition) is 6. The summed E-state index contributed by atoms with van der Waals surface area (Å²) in [6.07, 6.45) is 0. The molecule has 2 unspecified atom stereocenters. The van der Waals surface area contributed by atoms with Crippen LogP contribution in [0.3, 0.4) is 0 Å². The predicted molar refractivity (Wildman–Crippen MR) is 180 cm³/mol. The second kappa shape index (κ2) is 11.7. The number of rotatable bonds is 6. The second-order valence-corrected chi connectivity index (χ2v) is 16.1. The van der Waals surface area contributed by atoms with E-state index in [1.165, 1.54) is 0 Å². The van der Waals surface area contributed by atoms with Gasteiger partial charge in [0.25, 0.3) is 0 Å². The molecule has 1 N–H and O–H groups in total. The third kappa shape index (κ3) is 5.85. The van der Waals surface area contributed by atoms with Crippen LogP contribution in [0.4, 0.5) is 8.78 Å². The van der Waals surface area contributed by atoms with Gasteiger partial charge in [0.15, 0.2) is 12.4 Å². The first-order valence-electron chi connectivity index (χ1n) is 13.0. The first-order chi connectivity index (χ1) is 19.9. The summed E-state index contributed by atoms with van der Waals surface area (Å²) in [5, 5.41) is -4.73. The van der Waals surface area contributed by atoms with E-state index in [-0.39, 0.29) is 0 Å². The fraction of sp³-hybridized carbons (Fsp3) is 0.333. The van der Waals surface area contributed by atoms with Crippen molar-refractivity contribution in [2.75, 3.05) is 6.61 Å². The molecule has 0 aromatic heterocycles. The first-order valence-corrected chi connectivity index (χ1v) is 17.7. The highest BCUT2D eigenvalue weighted by atomic mass is 127. The molecule has 2 bridgehead atoms. The van der Waals surface area contributed by atoms with Gasteiger partial charge in [-0.2, -0.15) is 17.2 Å². The summed E-state index contributed by atoms with van der Waals surface area (Å²) in [5.41, 5.74) is 7.09. The van der Waals surface area contributed by atoms with Gasteiger partial charge in [0.05, 0.1) is 19.0 Å². The van der Waals surface area contributed by atoms with Crippen LogP contribution >= 0.6 is 67.8 Å². The Balaban J connectivity index is 1.70. The summed E-state index contributed by atoms with van der Waals surface area (Å²) < 4.78 is 73.0. The highest BCUT2D eigenvalue weighted by molar-refractivity contribution is 14.1. The maximum absolute atomic E-state index is 14.2. The molecule has 7 nitrogen and oxygen atoms in total. The van der Waals surface area contributed by atoms with Crippen LogP contribution < -0.4 is 4.74 Å². The van der Waals surface area contributed by atoms with Crippen molar-refractivity contribution in [1.82, 2.24) is 0 Å². The monoisotopic (exact) mass is 948 g/mol. The highest BCUT2D eigenvalue weighted by Crippen LogP contribution is 2.60. The van der Waals surface area contributed by atoms with E-state index in [1.807, 2.05) is 64.1 Å². The molecule has 2 atom stereocenters. The van der Waals surface area contributed by atoms with Gasteiger partial charge in [-0.15, -0.1) is 0 Å². The predicted octanol–water partition coefficient (Wildman–Crippen LogP) is 7.19. The van der Waals surface area contributed by atoms with Crippen LogP contribution in [0.15, 0.2) is 36.4 Å². The van der Waals surface area contributed by atoms with Crippen molar-refractivity contribution in [1.29, 1.82) is 0 Å². The molecule has 13 heteroatoms. The molecule has 0 saturated heterocycles. The first kappa shape index (κ1) is 32.9. The molecule has 228 valence electrons. The number of alkyl halides is 2. The SMILES string of the molecule is Cc1cc2c(cc1C)C1c3cc(C)c(C)cc3C2C(C(=O)OCC(F)(F)S(=O)(=O)O)C1C(=O)Oc1c(I)cc(I)cc1I. The average molecular weight is 948 g/mol. The maximum Gasteiger partial charge on any atom is 0.402 e. The van der Waals surface area contributed by atoms with Crippen molar-refractivity contribution in [2.45, 2.75) is 44.8 Å². The van der Waals surface area contributed by atoms with Gasteiger partial charge in [-0.3, -0.25) is 14.1 Å². The molecule has 0 amide bonds. The molecule has 3 aromatic carbocycles. The van der Waals surface area contributed by atoms with Crippen LogP contribution in [-0.2, 0) is 24.4 Å². The largest absolute Gasteiger partial charge is 0.458 e. The zero-order valence-electron chi connectivity index (χ0n) is 23.2. The van der Waals surface area contributed by atoms with Crippen LogP contribution in [0.2, 0.25) is 0 Å². The topological polar surface area (TPSA) is 107 Å². The summed E-state index contributed by atoms with van der Waals surface area (Å²) in [5.74, 6) is -5.50. The number of esters is 2. The number of carbonyl (C=O) groups excluding carboxylic acids is 2. The average Bonchev–Trinajstić information content (AvgIpc) is 2.89. The Morgan fingerprint density at radius 3 is 1.51 bits per heavy atom. The van der Waals surface area contributed by atoms with Gasteiger partial charge in [-0.1, -0.05) is 24.3 Å². The lowest BCUT2D eigenvalue weighted by Crippen LogP contribution is -2.49. The molecule has 6 rings (SSSR count). The van der Waals surface area contributed by atoms with Crippen LogP contribution in [0, 0.1) is 50.2 Å². The zero-order valence-corrected chi connectivity index (χ0v) is 30.5. The molecular weight excluding hydrogens is 923 g/mol. The summed E-state index contributed by atoms with van der Waals surface area (Å²) >= 11 is 6.27. The molecule has 3 aliphatic rings. The Bertz CT molecular complexity index is 1730. The lowest BCUT2D eigenvalue weighted by atomic mass is 9.53. The smallest absolute Gasteiger partial charge is 0.402 e. The lowest BCUT2D eigenvalue weighted by molar-refractivity contribution is -0.163. The quantitative estimate of drug-likeness (QED) is 0.121. The van der Waals surface area contributed by atoms with E-state index in [1.54, 1.807) is 0 Å². The molecule has 0 spiro atoms. The van der Waals surface area contributed by atoms with E-state index < -0.39 is 57.6 Å². The molecular formula is C30H25F2I3O7S. The van der Waals surface area contributed by atoms with Crippen LogP contribution in [0.25, 0.3) is 0 Å². The number of benzene rings is 3. The van der Waals surface area contributed by atoms with Gasteiger partial charge in [0, 0.05) is 15.4 Å². The minimum atomic E-state index is -5.85. The van der Waals surface area contributed by atoms with Crippen molar-refractivity contribution >= 4 is 89.8 Å². The van der Waals surface area contributed by atoms with Crippen LogP contribution in [-0.4, -0.2) is 36.8 Å². The number of hydrogen-bond donors (Lipinski definition) is 1. The normalized spacial score (nSPS) is 20.8. The van der Waals surface area contributed by atoms with Gasteiger partial charge in [0.2, 0.25) is 0 Å². The molecule has 0 fully saturated rings.